The lowest BCUT2D eigenvalue weighted by Gasteiger charge is -2.22. The third kappa shape index (κ3) is 3.60. The summed E-state index contributed by atoms with van der Waals surface area (Å²) in [7, 11) is 0. The number of halogens is 3. The van der Waals surface area contributed by atoms with E-state index < -0.39 is 29.7 Å². The Kier molecular flexibility index (Phi) is 4.43. The van der Waals surface area contributed by atoms with Crippen LogP contribution >= 0.6 is 0 Å². The number of carbonyl (C=O) groups excluding carboxylic acids is 2. The number of benzene rings is 1. The summed E-state index contributed by atoms with van der Waals surface area (Å²) in [6.07, 6.45) is -3.25. The first-order valence-electron chi connectivity index (χ1n) is 6.58. The van der Waals surface area contributed by atoms with Crippen LogP contribution in [0.3, 0.4) is 0 Å². The highest BCUT2D eigenvalue weighted by molar-refractivity contribution is 5.87. The number of anilines is 1. The molecule has 22 heavy (non-hydrogen) atoms. The molecule has 2 rings (SSSR count). The Hall–Kier alpha value is -2.45. The Labute approximate surface area is 124 Å². The second kappa shape index (κ2) is 6.12. The number of rotatable bonds is 3. The molecule has 3 amide bonds. The highest BCUT2D eigenvalue weighted by atomic mass is 19.4. The molecule has 1 heterocycles. The molecule has 1 saturated heterocycles. The van der Waals surface area contributed by atoms with Crippen molar-refractivity contribution in [3.8, 4) is 0 Å². The Bertz CT molecular complexity index is 559. The van der Waals surface area contributed by atoms with E-state index in [4.69, 9.17) is 5.73 Å². The first kappa shape index (κ1) is 15.9. The fourth-order valence-electron chi connectivity index (χ4n) is 2.26. The van der Waals surface area contributed by atoms with Crippen molar-refractivity contribution in [2.45, 2.75) is 25.1 Å². The van der Waals surface area contributed by atoms with Gasteiger partial charge < -0.3 is 10.6 Å². The average Bonchev–Trinajstić information content (AvgIpc) is 2.94. The van der Waals surface area contributed by atoms with Crippen molar-refractivity contribution in [3.63, 3.8) is 0 Å². The highest BCUT2D eigenvalue weighted by Crippen LogP contribution is 2.29. The number of hydrazine groups is 1. The van der Waals surface area contributed by atoms with E-state index in [0.717, 1.165) is 12.1 Å². The largest absolute Gasteiger partial charge is 0.416 e. The molecule has 1 aliphatic rings. The predicted octanol–water partition coefficient (Wildman–Crippen LogP) is 1.69. The summed E-state index contributed by atoms with van der Waals surface area (Å²) in [5.74, 6) is -0.462. The molecule has 6 nitrogen and oxygen atoms in total. The maximum atomic E-state index is 12.4. The van der Waals surface area contributed by atoms with Crippen LogP contribution in [0.2, 0.25) is 0 Å². The second-order valence-corrected chi connectivity index (χ2v) is 4.88. The standard InChI is InChI=1S/C13H15F3N4O2/c14-13(15,16)8-3-5-9(6-4-8)18-19-11(21)10-2-1-7-20(10)12(17)22/h3-6,10,18H,1-2,7H2,(H2,17,22)(H,19,21). The number of hydrogen-bond acceptors (Lipinski definition) is 3. The third-order valence-corrected chi connectivity index (χ3v) is 3.38. The summed E-state index contributed by atoms with van der Waals surface area (Å²) in [5, 5.41) is 0. The summed E-state index contributed by atoms with van der Waals surface area (Å²) in [6, 6.07) is 2.86. The molecule has 1 atom stereocenters. The van der Waals surface area contributed by atoms with Gasteiger partial charge in [-0.05, 0) is 37.1 Å². The van der Waals surface area contributed by atoms with Gasteiger partial charge in [-0.1, -0.05) is 0 Å². The molecule has 0 saturated carbocycles. The van der Waals surface area contributed by atoms with Gasteiger partial charge in [0.25, 0.3) is 5.91 Å². The molecule has 1 fully saturated rings. The number of alkyl halides is 3. The van der Waals surface area contributed by atoms with Gasteiger partial charge in [-0.2, -0.15) is 13.2 Å². The van der Waals surface area contributed by atoms with Crippen molar-refractivity contribution in [1.29, 1.82) is 0 Å². The topological polar surface area (TPSA) is 87.5 Å². The SMILES string of the molecule is NC(=O)N1CCCC1C(=O)NNc1ccc(C(F)(F)F)cc1. The lowest BCUT2D eigenvalue weighted by atomic mass is 10.2. The van der Waals surface area contributed by atoms with Crippen LogP contribution in [0.15, 0.2) is 24.3 Å². The number of nitrogens with zero attached hydrogens (tertiary/aromatic N) is 1. The zero-order valence-corrected chi connectivity index (χ0v) is 11.5. The van der Waals surface area contributed by atoms with Gasteiger partial charge in [0.05, 0.1) is 11.3 Å². The maximum absolute atomic E-state index is 12.4. The Morgan fingerprint density at radius 2 is 1.86 bits per heavy atom. The van der Waals surface area contributed by atoms with Crippen molar-refractivity contribution in [3.05, 3.63) is 29.8 Å². The van der Waals surface area contributed by atoms with Crippen LogP contribution in [0.25, 0.3) is 0 Å². The van der Waals surface area contributed by atoms with Crippen molar-refractivity contribution >= 4 is 17.6 Å². The minimum atomic E-state index is -4.41. The highest BCUT2D eigenvalue weighted by Gasteiger charge is 2.33. The lowest BCUT2D eigenvalue weighted by molar-refractivity contribution is -0.137. The number of carbonyl (C=O) groups is 2. The zero-order valence-electron chi connectivity index (χ0n) is 11.5. The second-order valence-electron chi connectivity index (χ2n) is 4.88. The predicted molar refractivity (Wildman–Crippen MR) is 72.5 cm³/mol. The van der Waals surface area contributed by atoms with Crippen molar-refractivity contribution in [2.75, 3.05) is 12.0 Å². The molecule has 1 aromatic carbocycles. The molecule has 0 radical (unpaired) electrons. The van der Waals surface area contributed by atoms with Crippen LogP contribution in [-0.2, 0) is 11.0 Å². The Balaban J connectivity index is 1.92. The number of urea groups is 1. The molecule has 0 bridgehead atoms. The van der Waals surface area contributed by atoms with Gasteiger partial charge in [0.15, 0.2) is 0 Å². The van der Waals surface area contributed by atoms with Gasteiger partial charge >= 0.3 is 12.2 Å². The Morgan fingerprint density at radius 3 is 2.41 bits per heavy atom. The van der Waals surface area contributed by atoms with Gasteiger partial charge in [0, 0.05) is 6.54 Å². The zero-order chi connectivity index (χ0) is 16.3. The first-order valence-corrected chi connectivity index (χ1v) is 6.58. The van der Waals surface area contributed by atoms with E-state index in [2.05, 4.69) is 10.9 Å². The lowest BCUT2D eigenvalue weighted by Crippen LogP contribution is -2.49. The average molecular weight is 316 g/mol. The van der Waals surface area contributed by atoms with Gasteiger partial charge in [0.2, 0.25) is 0 Å². The number of hydrogen-bond donors (Lipinski definition) is 3. The van der Waals surface area contributed by atoms with Crippen LogP contribution < -0.4 is 16.6 Å². The molecule has 9 heteroatoms. The third-order valence-electron chi connectivity index (χ3n) is 3.38. The van der Waals surface area contributed by atoms with Gasteiger partial charge in [-0.15, -0.1) is 0 Å². The number of primary amides is 1. The van der Waals surface area contributed by atoms with E-state index in [-0.39, 0.29) is 0 Å². The van der Waals surface area contributed by atoms with Crippen LogP contribution in [-0.4, -0.2) is 29.4 Å². The van der Waals surface area contributed by atoms with E-state index in [1.165, 1.54) is 17.0 Å². The van der Waals surface area contributed by atoms with E-state index in [1.807, 2.05) is 0 Å². The van der Waals surface area contributed by atoms with Gasteiger partial charge in [-0.25, -0.2) is 4.79 Å². The molecule has 0 aromatic heterocycles. The van der Waals surface area contributed by atoms with Crippen LogP contribution in [0.1, 0.15) is 18.4 Å². The summed E-state index contributed by atoms with van der Waals surface area (Å²) >= 11 is 0. The molecule has 1 aliphatic heterocycles. The molecule has 1 aromatic rings. The number of amides is 3. The fourth-order valence-corrected chi connectivity index (χ4v) is 2.26. The summed E-state index contributed by atoms with van der Waals surface area (Å²) in [6.45, 7) is 0.410. The number of nitrogens with one attached hydrogen (secondary N) is 2. The molecule has 0 spiro atoms. The quantitative estimate of drug-likeness (QED) is 0.742. The van der Waals surface area contributed by atoms with E-state index in [9.17, 15) is 22.8 Å². The van der Waals surface area contributed by atoms with E-state index in [1.54, 1.807) is 0 Å². The van der Waals surface area contributed by atoms with Crippen molar-refractivity contribution in [2.24, 2.45) is 5.73 Å². The summed E-state index contributed by atoms with van der Waals surface area (Å²) in [4.78, 5) is 24.4. The van der Waals surface area contributed by atoms with Crippen LogP contribution in [0.4, 0.5) is 23.7 Å². The van der Waals surface area contributed by atoms with Crippen LogP contribution in [0.5, 0.6) is 0 Å². The summed E-state index contributed by atoms with van der Waals surface area (Å²) < 4.78 is 37.3. The molecular weight excluding hydrogens is 301 g/mol. The van der Waals surface area contributed by atoms with Gasteiger partial charge in [0.1, 0.15) is 6.04 Å². The number of nitrogens with two attached hydrogens (primary N) is 1. The fraction of sp³-hybridized carbons (Fsp3) is 0.385. The molecular formula is C13H15F3N4O2. The molecule has 120 valence electrons. The summed E-state index contributed by atoms with van der Waals surface area (Å²) in [5.41, 5.74) is 9.57. The van der Waals surface area contributed by atoms with E-state index in [0.29, 0.717) is 25.1 Å². The maximum Gasteiger partial charge on any atom is 0.416 e. The minimum Gasteiger partial charge on any atom is -0.351 e. The van der Waals surface area contributed by atoms with Crippen LogP contribution in [0, 0.1) is 0 Å². The van der Waals surface area contributed by atoms with Crippen molar-refractivity contribution in [1.82, 2.24) is 10.3 Å². The Morgan fingerprint density at radius 1 is 1.23 bits per heavy atom. The minimum absolute atomic E-state index is 0.296. The molecule has 4 N–H and O–H groups in total. The van der Waals surface area contributed by atoms with Gasteiger partial charge in [-0.3, -0.25) is 15.6 Å². The normalized spacial score (nSPS) is 18.1. The number of likely N-dealkylation sites (tertiary alicyclic amines) is 1. The first-order chi connectivity index (χ1) is 10.3. The van der Waals surface area contributed by atoms with Crippen molar-refractivity contribution < 1.29 is 22.8 Å². The smallest absolute Gasteiger partial charge is 0.351 e. The monoisotopic (exact) mass is 316 g/mol. The van der Waals surface area contributed by atoms with E-state index >= 15 is 0 Å². The molecule has 1 unspecified atom stereocenters. The molecule has 0 aliphatic carbocycles.